The average Bonchev–Trinajstić information content (AvgIpc) is 3.03. The first kappa shape index (κ1) is 11.6. The first-order valence-electron chi connectivity index (χ1n) is 4.98. The molecule has 88 valence electrons. The SMILES string of the molecule is COc1c(F)cc(Cl)c(F)c1C1(CN)CC1. The molecule has 0 radical (unpaired) electrons. The Morgan fingerprint density at radius 1 is 1.50 bits per heavy atom. The Hall–Kier alpha value is -0.870. The maximum Gasteiger partial charge on any atom is 0.167 e. The predicted octanol–water partition coefficient (Wildman–Crippen LogP) is 2.62. The normalized spacial score (nSPS) is 17.3. The average molecular weight is 248 g/mol. The third kappa shape index (κ3) is 1.57. The zero-order valence-corrected chi connectivity index (χ0v) is 9.57. The van der Waals surface area contributed by atoms with E-state index in [0.29, 0.717) is 0 Å². The molecule has 2 nitrogen and oxygen atoms in total. The van der Waals surface area contributed by atoms with Gasteiger partial charge in [-0.2, -0.15) is 0 Å². The van der Waals surface area contributed by atoms with Crippen LogP contribution in [0.1, 0.15) is 18.4 Å². The highest BCUT2D eigenvalue weighted by molar-refractivity contribution is 6.30. The summed E-state index contributed by atoms with van der Waals surface area (Å²) in [6.07, 6.45) is 1.47. The highest BCUT2D eigenvalue weighted by atomic mass is 35.5. The molecule has 1 aliphatic rings. The van der Waals surface area contributed by atoms with E-state index in [9.17, 15) is 8.78 Å². The van der Waals surface area contributed by atoms with Gasteiger partial charge in [-0.25, -0.2) is 8.78 Å². The second kappa shape index (κ2) is 3.86. The first-order chi connectivity index (χ1) is 7.55. The lowest BCUT2D eigenvalue weighted by molar-refractivity contribution is 0.369. The Morgan fingerprint density at radius 2 is 2.12 bits per heavy atom. The van der Waals surface area contributed by atoms with Crippen LogP contribution in [0.3, 0.4) is 0 Å². The summed E-state index contributed by atoms with van der Waals surface area (Å²) in [6, 6.07) is 0.922. The van der Waals surface area contributed by atoms with Crippen LogP contribution in [0.4, 0.5) is 8.78 Å². The van der Waals surface area contributed by atoms with Crippen LogP contribution in [0.15, 0.2) is 6.07 Å². The molecule has 1 aliphatic carbocycles. The number of rotatable bonds is 3. The van der Waals surface area contributed by atoms with Crippen molar-refractivity contribution in [2.24, 2.45) is 5.73 Å². The Balaban J connectivity index is 2.66. The zero-order valence-electron chi connectivity index (χ0n) is 8.82. The number of methoxy groups -OCH3 is 1. The molecule has 0 spiro atoms. The molecule has 0 unspecified atom stereocenters. The van der Waals surface area contributed by atoms with E-state index < -0.39 is 17.0 Å². The van der Waals surface area contributed by atoms with Gasteiger partial charge in [-0.15, -0.1) is 0 Å². The minimum atomic E-state index is -0.649. The van der Waals surface area contributed by atoms with Gasteiger partial charge in [0.15, 0.2) is 11.6 Å². The summed E-state index contributed by atoms with van der Waals surface area (Å²) in [5.74, 6) is -1.35. The van der Waals surface area contributed by atoms with Gasteiger partial charge in [0, 0.05) is 17.5 Å². The minimum Gasteiger partial charge on any atom is -0.493 e. The highest BCUT2D eigenvalue weighted by Crippen LogP contribution is 2.52. The van der Waals surface area contributed by atoms with Crippen LogP contribution >= 0.6 is 11.6 Å². The minimum absolute atomic E-state index is 0.0788. The molecule has 0 heterocycles. The summed E-state index contributed by atoms with van der Waals surface area (Å²) in [7, 11) is 1.31. The third-order valence-corrected chi connectivity index (χ3v) is 3.38. The van der Waals surface area contributed by atoms with E-state index in [1.54, 1.807) is 0 Å². The van der Waals surface area contributed by atoms with Gasteiger partial charge in [-0.05, 0) is 18.9 Å². The molecule has 5 heteroatoms. The van der Waals surface area contributed by atoms with Crippen molar-refractivity contribution in [1.82, 2.24) is 0 Å². The molecule has 1 aromatic rings. The lowest BCUT2D eigenvalue weighted by Gasteiger charge is -2.18. The van der Waals surface area contributed by atoms with E-state index in [1.165, 1.54) is 7.11 Å². The Kier molecular flexibility index (Phi) is 2.80. The quantitative estimate of drug-likeness (QED) is 0.834. The number of hydrogen-bond acceptors (Lipinski definition) is 2. The summed E-state index contributed by atoms with van der Waals surface area (Å²) >= 11 is 5.63. The van der Waals surface area contributed by atoms with Gasteiger partial charge >= 0.3 is 0 Å². The third-order valence-electron chi connectivity index (χ3n) is 3.11. The van der Waals surface area contributed by atoms with Gasteiger partial charge in [0.1, 0.15) is 5.82 Å². The molecule has 0 bridgehead atoms. The lowest BCUT2D eigenvalue weighted by Crippen LogP contribution is -2.22. The standard InChI is InChI=1S/C11H12ClF2NO/c1-16-10-7(13)4-6(12)9(14)8(10)11(5-15)2-3-11/h4H,2-3,5,15H2,1H3. The maximum absolute atomic E-state index is 13.9. The molecule has 1 fully saturated rings. The highest BCUT2D eigenvalue weighted by Gasteiger charge is 2.48. The summed E-state index contributed by atoms with van der Waals surface area (Å²) in [6.45, 7) is 0.264. The van der Waals surface area contributed by atoms with Gasteiger partial charge in [-0.3, -0.25) is 0 Å². The van der Waals surface area contributed by atoms with Gasteiger partial charge in [0.05, 0.1) is 12.1 Å². The molecule has 1 saturated carbocycles. The molecule has 0 aromatic heterocycles. The molecule has 1 aromatic carbocycles. The van der Waals surface area contributed by atoms with Gasteiger partial charge < -0.3 is 10.5 Å². The fourth-order valence-corrected chi connectivity index (χ4v) is 2.15. The number of hydrogen-bond donors (Lipinski definition) is 1. The van der Waals surface area contributed by atoms with Crippen LogP contribution in [-0.2, 0) is 5.41 Å². The Labute approximate surface area is 97.3 Å². The fraction of sp³-hybridized carbons (Fsp3) is 0.455. The largest absolute Gasteiger partial charge is 0.493 e. The van der Waals surface area contributed by atoms with Crippen molar-refractivity contribution in [3.05, 3.63) is 28.3 Å². The first-order valence-corrected chi connectivity index (χ1v) is 5.35. The van der Waals surface area contributed by atoms with E-state index >= 15 is 0 Å². The van der Waals surface area contributed by atoms with Gasteiger partial charge in [-0.1, -0.05) is 11.6 Å². The van der Waals surface area contributed by atoms with Gasteiger partial charge in [0.25, 0.3) is 0 Å². The van der Waals surface area contributed by atoms with Crippen LogP contribution < -0.4 is 10.5 Å². The molecule has 0 saturated heterocycles. The van der Waals surface area contributed by atoms with Crippen molar-refractivity contribution in [1.29, 1.82) is 0 Å². The Bertz CT molecular complexity index is 432. The van der Waals surface area contributed by atoms with Crippen molar-refractivity contribution in [3.8, 4) is 5.75 Å². The van der Waals surface area contributed by atoms with E-state index in [1.807, 2.05) is 0 Å². The van der Waals surface area contributed by atoms with Crippen molar-refractivity contribution < 1.29 is 13.5 Å². The number of ether oxygens (including phenoxy) is 1. The van der Waals surface area contributed by atoms with Crippen molar-refractivity contribution >= 4 is 11.6 Å². The van der Waals surface area contributed by atoms with Crippen LogP contribution in [0.25, 0.3) is 0 Å². The van der Waals surface area contributed by atoms with Gasteiger partial charge in [0.2, 0.25) is 0 Å². The molecule has 0 amide bonds. The zero-order chi connectivity index (χ0) is 11.9. The van der Waals surface area contributed by atoms with Crippen LogP contribution in [0.2, 0.25) is 5.02 Å². The van der Waals surface area contributed by atoms with Crippen LogP contribution in [-0.4, -0.2) is 13.7 Å². The van der Waals surface area contributed by atoms with Crippen LogP contribution in [0.5, 0.6) is 5.75 Å². The summed E-state index contributed by atoms with van der Waals surface area (Å²) in [5.41, 5.74) is 5.29. The van der Waals surface area contributed by atoms with Crippen molar-refractivity contribution in [2.45, 2.75) is 18.3 Å². The molecule has 16 heavy (non-hydrogen) atoms. The molecular formula is C11H12ClF2NO. The second-order valence-corrected chi connectivity index (χ2v) is 4.45. The monoisotopic (exact) mass is 247 g/mol. The van der Waals surface area contributed by atoms with Crippen molar-refractivity contribution in [3.63, 3.8) is 0 Å². The van der Waals surface area contributed by atoms with E-state index in [2.05, 4.69) is 0 Å². The molecular weight excluding hydrogens is 236 g/mol. The smallest absolute Gasteiger partial charge is 0.167 e. The number of halogens is 3. The second-order valence-electron chi connectivity index (χ2n) is 4.05. The molecule has 2 N–H and O–H groups in total. The molecule has 0 aliphatic heterocycles. The predicted molar refractivity (Wildman–Crippen MR) is 57.9 cm³/mol. The summed E-state index contributed by atoms with van der Waals surface area (Å²) in [5, 5.41) is -0.229. The lowest BCUT2D eigenvalue weighted by atomic mass is 9.94. The van der Waals surface area contributed by atoms with Crippen LogP contribution in [0, 0.1) is 11.6 Å². The van der Waals surface area contributed by atoms with E-state index in [4.69, 9.17) is 22.1 Å². The van der Waals surface area contributed by atoms with Crippen molar-refractivity contribution in [2.75, 3.05) is 13.7 Å². The molecule has 2 rings (SSSR count). The van der Waals surface area contributed by atoms with E-state index in [0.717, 1.165) is 18.9 Å². The molecule has 0 atom stereocenters. The topological polar surface area (TPSA) is 35.2 Å². The summed E-state index contributed by atoms with van der Waals surface area (Å²) in [4.78, 5) is 0. The fourth-order valence-electron chi connectivity index (χ4n) is 1.96. The summed E-state index contributed by atoms with van der Waals surface area (Å²) < 4.78 is 32.4. The Morgan fingerprint density at radius 3 is 2.56 bits per heavy atom. The maximum atomic E-state index is 13.9. The number of benzene rings is 1. The number of nitrogens with two attached hydrogens (primary N) is 1. The van der Waals surface area contributed by atoms with E-state index in [-0.39, 0.29) is 22.9 Å².